The SMILES string of the molecule is CN[C@@H](CCSC)C(=O)CCNS. The minimum absolute atomic E-state index is 0.00846. The summed E-state index contributed by atoms with van der Waals surface area (Å²) in [6.07, 6.45) is 3.50. The summed E-state index contributed by atoms with van der Waals surface area (Å²) in [7, 11) is 1.83. The van der Waals surface area contributed by atoms with Crippen LogP contribution in [0.1, 0.15) is 12.8 Å². The zero-order chi connectivity index (χ0) is 10.1. The van der Waals surface area contributed by atoms with E-state index in [9.17, 15) is 4.79 Å². The van der Waals surface area contributed by atoms with Gasteiger partial charge in [0.15, 0.2) is 5.78 Å². The topological polar surface area (TPSA) is 41.1 Å². The molecule has 0 aromatic heterocycles. The Bertz CT molecular complexity index is 144. The monoisotopic (exact) mass is 222 g/mol. The van der Waals surface area contributed by atoms with Gasteiger partial charge in [-0.15, -0.1) is 0 Å². The first-order valence-electron chi connectivity index (χ1n) is 4.32. The zero-order valence-corrected chi connectivity index (χ0v) is 9.88. The lowest BCUT2D eigenvalue weighted by Gasteiger charge is -2.13. The molecule has 13 heavy (non-hydrogen) atoms. The highest BCUT2D eigenvalue weighted by molar-refractivity contribution is 7.98. The molecule has 0 aliphatic carbocycles. The summed E-state index contributed by atoms with van der Waals surface area (Å²) in [5.74, 6) is 1.28. The maximum atomic E-state index is 11.5. The minimum atomic E-state index is 0.00846. The average molecular weight is 222 g/mol. The second-order valence-electron chi connectivity index (χ2n) is 2.75. The summed E-state index contributed by atoms with van der Waals surface area (Å²) >= 11 is 5.60. The number of likely N-dealkylation sites (N-methyl/N-ethyl adjacent to an activating group) is 1. The largest absolute Gasteiger partial charge is 0.311 e. The highest BCUT2D eigenvalue weighted by Gasteiger charge is 2.14. The number of carbonyl (C=O) groups excluding carboxylic acids is 1. The molecule has 1 atom stereocenters. The van der Waals surface area contributed by atoms with Gasteiger partial charge >= 0.3 is 0 Å². The Kier molecular flexibility index (Phi) is 9.07. The Morgan fingerprint density at radius 2 is 2.31 bits per heavy atom. The summed E-state index contributed by atoms with van der Waals surface area (Å²) in [6.45, 7) is 0.638. The van der Waals surface area contributed by atoms with Crippen LogP contribution < -0.4 is 10.0 Å². The molecule has 78 valence electrons. The van der Waals surface area contributed by atoms with Crippen molar-refractivity contribution in [2.45, 2.75) is 18.9 Å². The van der Waals surface area contributed by atoms with E-state index < -0.39 is 0 Å². The number of hydrogen-bond acceptors (Lipinski definition) is 5. The van der Waals surface area contributed by atoms with Gasteiger partial charge in [-0.1, -0.05) is 12.8 Å². The first kappa shape index (κ1) is 13.3. The molecule has 0 heterocycles. The molecular formula is C8H18N2OS2. The van der Waals surface area contributed by atoms with Crippen molar-refractivity contribution in [2.24, 2.45) is 0 Å². The van der Waals surface area contributed by atoms with Gasteiger partial charge in [-0.3, -0.25) is 9.52 Å². The van der Waals surface area contributed by atoms with Crippen molar-refractivity contribution in [1.82, 2.24) is 10.0 Å². The van der Waals surface area contributed by atoms with Crippen LogP contribution in [0.2, 0.25) is 0 Å². The number of Topliss-reactive ketones (excluding diaryl/α,β-unsaturated/α-hetero) is 1. The number of nitrogens with one attached hydrogen (secondary N) is 2. The van der Waals surface area contributed by atoms with E-state index in [1.807, 2.05) is 13.3 Å². The van der Waals surface area contributed by atoms with Crippen molar-refractivity contribution >= 4 is 30.4 Å². The lowest BCUT2D eigenvalue weighted by atomic mass is 10.1. The molecule has 0 rings (SSSR count). The van der Waals surface area contributed by atoms with Crippen molar-refractivity contribution in [1.29, 1.82) is 0 Å². The fourth-order valence-corrected chi connectivity index (χ4v) is 1.64. The molecular weight excluding hydrogens is 204 g/mol. The van der Waals surface area contributed by atoms with Crippen LogP contribution >= 0.6 is 24.6 Å². The normalized spacial score (nSPS) is 12.8. The molecule has 0 aromatic carbocycles. The van der Waals surface area contributed by atoms with Gasteiger partial charge in [0.05, 0.1) is 6.04 Å². The Hall–Kier alpha value is 0.290. The van der Waals surface area contributed by atoms with Gasteiger partial charge in [0.25, 0.3) is 0 Å². The lowest BCUT2D eigenvalue weighted by molar-refractivity contribution is -0.120. The fourth-order valence-electron chi connectivity index (χ4n) is 1.06. The summed E-state index contributed by atoms with van der Waals surface area (Å²) < 4.78 is 2.67. The Morgan fingerprint density at radius 1 is 1.62 bits per heavy atom. The molecule has 0 radical (unpaired) electrons. The number of rotatable bonds is 8. The summed E-state index contributed by atoms with van der Waals surface area (Å²) in [5.41, 5.74) is 0. The molecule has 3 nitrogen and oxygen atoms in total. The van der Waals surface area contributed by atoms with Crippen LogP contribution in [0, 0.1) is 0 Å². The van der Waals surface area contributed by atoms with Crippen LogP contribution in [0.4, 0.5) is 0 Å². The number of carbonyl (C=O) groups is 1. The predicted octanol–water partition coefficient (Wildman–Crippen LogP) is 0.721. The quantitative estimate of drug-likeness (QED) is 0.529. The average Bonchev–Trinajstić information content (AvgIpc) is 2.16. The molecule has 0 saturated carbocycles. The number of ketones is 1. The van der Waals surface area contributed by atoms with E-state index >= 15 is 0 Å². The van der Waals surface area contributed by atoms with Crippen LogP contribution in [0.15, 0.2) is 0 Å². The fraction of sp³-hybridized carbons (Fsp3) is 0.875. The number of thioether (sulfide) groups is 1. The van der Waals surface area contributed by atoms with E-state index in [4.69, 9.17) is 0 Å². The molecule has 0 spiro atoms. The molecule has 0 aliphatic heterocycles. The van der Waals surface area contributed by atoms with Crippen molar-refractivity contribution in [3.05, 3.63) is 0 Å². The maximum Gasteiger partial charge on any atom is 0.151 e. The molecule has 0 aromatic rings. The van der Waals surface area contributed by atoms with Gasteiger partial charge in [-0.05, 0) is 25.5 Å². The predicted molar refractivity (Wildman–Crippen MR) is 62.5 cm³/mol. The molecule has 0 amide bonds. The van der Waals surface area contributed by atoms with E-state index in [1.54, 1.807) is 11.8 Å². The molecule has 0 aliphatic rings. The molecule has 0 saturated heterocycles. The molecule has 0 unspecified atom stereocenters. The second kappa shape index (κ2) is 8.87. The maximum absolute atomic E-state index is 11.5. The van der Waals surface area contributed by atoms with Crippen LogP contribution in [0.5, 0.6) is 0 Å². The Balaban J connectivity index is 3.71. The van der Waals surface area contributed by atoms with E-state index in [-0.39, 0.29) is 11.8 Å². The van der Waals surface area contributed by atoms with Gasteiger partial charge < -0.3 is 5.32 Å². The number of thiol groups is 1. The van der Waals surface area contributed by atoms with E-state index in [1.165, 1.54) is 0 Å². The smallest absolute Gasteiger partial charge is 0.151 e. The van der Waals surface area contributed by atoms with Crippen LogP contribution in [0.25, 0.3) is 0 Å². The number of hydrogen-bond donors (Lipinski definition) is 3. The van der Waals surface area contributed by atoms with Gasteiger partial charge in [-0.25, -0.2) is 0 Å². The third-order valence-corrected chi connectivity index (χ3v) is 2.70. The highest BCUT2D eigenvalue weighted by Crippen LogP contribution is 2.02. The van der Waals surface area contributed by atoms with Gasteiger partial charge in [-0.2, -0.15) is 11.8 Å². The first-order chi connectivity index (χ1) is 6.26. The van der Waals surface area contributed by atoms with Crippen molar-refractivity contribution in [2.75, 3.05) is 25.6 Å². The van der Waals surface area contributed by atoms with E-state index in [2.05, 4.69) is 22.9 Å². The Morgan fingerprint density at radius 3 is 2.77 bits per heavy atom. The molecule has 5 heteroatoms. The molecule has 2 N–H and O–H groups in total. The highest BCUT2D eigenvalue weighted by atomic mass is 32.2. The Labute approximate surface area is 90.0 Å². The third kappa shape index (κ3) is 6.37. The zero-order valence-electron chi connectivity index (χ0n) is 8.17. The van der Waals surface area contributed by atoms with Gasteiger partial charge in [0.1, 0.15) is 0 Å². The molecule has 0 fully saturated rings. The van der Waals surface area contributed by atoms with E-state index in [0.717, 1.165) is 12.2 Å². The van der Waals surface area contributed by atoms with Crippen molar-refractivity contribution in [3.8, 4) is 0 Å². The lowest BCUT2D eigenvalue weighted by Crippen LogP contribution is -2.35. The van der Waals surface area contributed by atoms with Crippen molar-refractivity contribution in [3.63, 3.8) is 0 Å². The standard InChI is InChI=1S/C8H18N2OS2/c1-9-7(4-6-13-2)8(11)3-5-10-12/h7,9-10,12H,3-6H2,1-2H3/t7-/m0/s1. The third-order valence-electron chi connectivity index (χ3n) is 1.83. The summed E-state index contributed by atoms with van der Waals surface area (Å²) in [5, 5.41) is 3.03. The summed E-state index contributed by atoms with van der Waals surface area (Å²) in [6, 6.07) is 0.00846. The van der Waals surface area contributed by atoms with Crippen molar-refractivity contribution < 1.29 is 4.79 Å². The molecule has 0 bridgehead atoms. The van der Waals surface area contributed by atoms with Crippen LogP contribution in [-0.2, 0) is 4.79 Å². The van der Waals surface area contributed by atoms with Crippen LogP contribution in [-0.4, -0.2) is 37.4 Å². The minimum Gasteiger partial charge on any atom is -0.311 e. The van der Waals surface area contributed by atoms with Crippen LogP contribution in [0.3, 0.4) is 0 Å². The first-order valence-corrected chi connectivity index (χ1v) is 6.16. The van der Waals surface area contributed by atoms with Gasteiger partial charge in [0, 0.05) is 13.0 Å². The second-order valence-corrected chi connectivity index (χ2v) is 4.05. The van der Waals surface area contributed by atoms with Gasteiger partial charge in [0.2, 0.25) is 0 Å². The summed E-state index contributed by atoms with van der Waals surface area (Å²) in [4.78, 5) is 11.5. The van der Waals surface area contributed by atoms with E-state index in [0.29, 0.717) is 13.0 Å².